The van der Waals surface area contributed by atoms with Crippen LogP contribution in [0.15, 0.2) is 22.8 Å². The van der Waals surface area contributed by atoms with Crippen molar-refractivity contribution < 1.29 is 14.3 Å². The second-order valence-corrected chi connectivity index (χ2v) is 4.69. The van der Waals surface area contributed by atoms with Crippen molar-refractivity contribution in [3.8, 4) is 0 Å². The van der Waals surface area contributed by atoms with E-state index < -0.39 is 5.97 Å². The predicted octanol–water partition coefficient (Wildman–Crippen LogP) is 2.26. The molecule has 0 atom stereocenters. The quantitative estimate of drug-likeness (QED) is 0.593. The van der Waals surface area contributed by atoms with Crippen LogP contribution < -0.4 is 0 Å². The number of aromatic nitrogens is 1. The second kappa shape index (κ2) is 7.89. The van der Waals surface area contributed by atoms with Gasteiger partial charge in [-0.1, -0.05) is 13.0 Å². The van der Waals surface area contributed by atoms with Crippen LogP contribution in [-0.4, -0.2) is 41.5 Å². The Kier molecular flexibility index (Phi) is 6.49. The third kappa shape index (κ3) is 4.98. The number of ether oxygens (including phenoxy) is 1. The maximum absolute atomic E-state index is 12.3. The van der Waals surface area contributed by atoms with Crippen molar-refractivity contribution in [1.29, 1.82) is 0 Å². The zero-order valence-corrected chi connectivity index (χ0v) is 12.6. The van der Waals surface area contributed by atoms with E-state index in [4.69, 9.17) is 4.74 Å². The highest BCUT2D eigenvalue weighted by atomic mass is 79.9. The number of carbonyl (C=O) groups excluding carboxylic acids is 2. The first-order valence-corrected chi connectivity index (χ1v) is 6.95. The van der Waals surface area contributed by atoms with Gasteiger partial charge in [0.1, 0.15) is 16.8 Å². The number of carbonyl (C=O) groups is 2. The van der Waals surface area contributed by atoms with Crippen molar-refractivity contribution in [2.75, 3.05) is 19.7 Å². The van der Waals surface area contributed by atoms with Gasteiger partial charge in [0.2, 0.25) is 0 Å². The summed E-state index contributed by atoms with van der Waals surface area (Å²) in [6.07, 6.45) is 0.763. The lowest BCUT2D eigenvalue weighted by molar-refractivity contribution is -0.143. The molecule has 0 aliphatic carbocycles. The second-order valence-electron chi connectivity index (χ2n) is 3.88. The highest BCUT2D eigenvalue weighted by Gasteiger charge is 2.19. The maximum atomic E-state index is 12.3. The van der Waals surface area contributed by atoms with Gasteiger partial charge in [0, 0.05) is 6.54 Å². The minimum Gasteiger partial charge on any atom is -0.465 e. The van der Waals surface area contributed by atoms with Crippen LogP contribution in [0.1, 0.15) is 30.8 Å². The van der Waals surface area contributed by atoms with E-state index in [1.807, 2.05) is 6.92 Å². The van der Waals surface area contributed by atoms with Gasteiger partial charge in [0.15, 0.2) is 0 Å². The highest BCUT2D eigenvalue weighted by molar-refractivity contribution is 9.10. The Bertz CT molecular complexity index is 451. The lowest BCUT2D eigenvalue weighted by Gasteiger charge is -2.20. The van der Waals surface area contributed by atoms with Crippen LogP contribution in [0.5, 0.6) is 0 Å². The van der Waals surface area contributed by atoms with Gasteiger partial charge >= 0.3 is 5.97 Å². The Hall–Kier alpha value is -1.43. The van der Waals surface area contributed by atoms with E-state index in [0.29, 0.717) is 23.4 Å². The van der Waals surface area contributed by atoms with Gasteiger partial charge in [-0.2, -0.15) is 0 Å². The normalized spacial score (nSPS) is 10.1. The minimum absolute atomic E-state index is 0.0469. The van der Waals surface area contributed by atoms with E-state index in [1.54, 1.807) is 25.1 Å². The molecule has 0 saturated carbocycles. The van der Waals surface area contributed by atoms with E-state index in [9.17, 15) is 9.59 Å². The summed E-state index contributed by atoms with van der Waals surface area (Å²) >= 11 is 3.22. The number of pyridine rings is 1. The summed E-state index contributed by atoms with van der Waals surface area (Å²) in [4.78, 5) is 29.3. The predicted molar refractivity (Wildman–Crippen MR) is 74.8 cm³/mol. The molecule has 1 rings (SSSR count). The van der Waals surface area contributed by atoms with Crippen molar-refractivity contribution >= 4 is 27.8 Å². The minimum atomic E-state index is -0.403. The summed E-state index contributed by atoms with van der Waals surface area (Å²) in [5, 5.41) is 0. The molecule has 0 aliphatic rings. The topological polar surface area (TPSA) is 59.5 Å². The summed E-state index contributed by atoms with van der Waals surface area (Å²) in [5.74, 6) is -0.671. The Morgan fingerprint density at radius 3 is 2.68 bits per heavy atom. The SMILES string of the molecule is CCCN(CC(=O)OCC)C(=O)c1cccc(Br)n1. The van der Waals surface area contributed by atoms with Gasteiger partial charge in [0.25, 0.3) is 5.91 Å². The van der Waals surface area contributed by atoms with Gasteiger partial charge in [0.05, 0.1) is 6.61 Å². The van der Waals surface area contributed by atoms with Gasteiger partial charge in [-0.05, 0) is 41.4 Å². The molecule has 0 radical (unpaired) electrons. The molecule has 1 aromatic heterocycles. The standard InChI is InChI=1S/C13H17BrN2O3/c1-3-8-16(9-12(17)19-4-2)13(18)10-6-5-7-11(14)15-10/h5-7H,3-4,8-9H2,1-2H3. The van der Waals surface area contributed by atoms with Gasteiger partial charge in [-0.15, -0.1) is 0 Å². The molecule has 19 heavy (non-hydrogen) atoms. The molecule has 1 heterocycles. The number of halogens is 1. The van der Waals surface area contributed by atoms with Gasteiger partial charge in [-0.3, -0.25) is 9.59 Å². The molecule has 0 N–H and O–H groups in total. The largest absolute Gasteiger partial charge is 0.465 e. The van der Waals surface area contributed by atoms with Crippen LogP contribution in [0, 0.1) is 0 Å². The highest BCUT2D eigenvalue weighted by Crippen LogP contribution is 2.09. The number of amides is 1. The molecule has 104 valence electrons. The molecule has 0 aliphatic heterocycles. The third-order valence-electron chi connectivity index (χ3n) is 2.34. The Morgan fingerprint density at radius 2 is 2.11 bits per heavy atom. The molecule has 0 unspecified atom stereocenters. The molecular formula is C13H17BrN2O3. The van der Waals surface area contributed by atoms with Crippen LogP contribution in [0.2, 0.25) is 0 Å². The third-order valence-corrected chi connectivity index (χ3v) is 2.78. The average Bonchev–Trinajstić information content (AvgIpc) is 2.37. The fourth-order valence-corrected chi connectivity index (χ4v) is 1.92. The van der Waals surface area contributed by atoms with Crippen molar-refractivity contribution in [2.24, 2.45) is 0 Å². The van der Waals surface area contributed by atoms with Crippen molar-refractivity contribution in [3.05, 3.63) is 28.5 Å². The smallest absolute Gasteiger partial charge is 0.325 e. The summed E-state index contributed by atoms with van der Waals surface area (Å²) < 4.78 is 5.45. The molecule has 6 heteroatoms. The monoisotopic (exact) mass is 328 g/mol. The van der Waals surface area contributed by atoms with Crippen molar-refractivity contribution in [2.45, 2.75) is 20.3 Å². The molecular weight excluding hydrogens is 312 g/mol. The summed E-state index contributed by atoms with van der Waals surface area (Å²) in [6, 6.07) is 5.10. The van der Waals surface area contributed by atoms with Crippen molar-refractivity contribution in [3.63, 3.8) is 0 Å². The Labute approximate surface area is 121 Å². The lowest BCUT2D eigenvalue weighted by atomic mass is 10.3. The Morgan fingerprint density at radius 1 is 1.37 bits per heavy atom. The molecule has 0 fully saturated rings. The summed E-state index contributed by atoms with van der Waals surface area (Å²) in [5.41, 5.74) is 0.312. The molecule has 1 amide bonds. The summed E-state index contributed by atoms with van der Waals surface area (Å²) in [7, 11) is 0. The van der Waals surface area contributed by atoms with E-state index >= 15 is 0 Å². The van der Waals surface area contributed by atoms with Crippen LogP contribution in [-0.2, 0) is 9.53 Å². The first kappa shape index (κ1) is 15.6. The number of rotatable bonds is 6. The van der Waals surface area contributed by atoms with E-state index in [1.165, 1.54) is 4.90 Å². The van der Waals surface area contributed by atoms with Crippen LogP contribution >= 0.6 is 15.9 Å². The fraction of sp³-hybridized carbons (Fsp3) is 0.462. The number of hydrogen-bond acceptors (Lipinski definition) is 4. The van der Waals surface area contributed by atoms with Gasteiger partial charge < -0.3 is 9.64 Å². The molecule has 0 spiro atoms. The summed E-state index contributed by atoms with van der Waals surface area (Å²) in [6.45, 7) is 4.43. The molecule has 0 aromatic carbocycles. The lowest BCUT2D eigenvalue weighted by Crippen LogP contribution is -2.37. The number of nitrogens with zero attached hydrogens (tertiary/aromatic N) is 2. The first-order valence-electron chi connectivity index (χ1n) is 6.16. The van der Waals surface area contributed by atoms with E-state index in [0.717, 1.165) is 6.42 Å². The van der Waals surface area contributed by atoms with E-state index in [-0.39, 0.29) is 12.5 Å². The average molecular weight is 329 g/mol. The number of esters is 1. The van der Waals surface area contributed by atoms with Crippen LogP contribution in [0.3, 0.4) is 0 Å². The van der Waals surface area contributed by atoms with Crippen molar-refractivity contribution in [1.82, 2.24) is 9.88 Å². The first-order chi connectivity index (χ1) is 9.08. The molecule has 5 nitrogen and oxygen atoms in total. The molecule has 0 saturated heterocycles. The van der Waals surface area contributed by atoms with E-state index in [2.05, 4.69) is 20.9 Å². The zero-order valence-electron chi connectivity index (χ0n) is 11.1. The number of hydrogen-bond donors (Lipinski definition) is 0. The Balaban J connectivity index is 2.80. The van der Waals surface area contributed by atoms with Crippen LogP contribution in [0.4, 0.5) is 0 Å². The molecule has 1 aromatic rings. The maximum Gasteiger partial charge on any atom is 0.325 e. The molecule has 0 bridgehead atoms. The fourth-order valence-electron chi connectivity index (χ4n) is 1.57. The van der Waals surface area contributed by atoms with Crippen LogP contribution in [0.25, 0.3) is 0 Å². The zero-order chi connectivity index (χ0) is 14.3. The van der Waals surface area contributed by atoms with Gasteiger partial charge in [-0.25, -0.2) is 4.98 Å².